The van der Waals surface area contributed by atoms with E-state index in [0.29, 0.717) is 21.3 Å². The summed E-state index contributed by atoms with van der Waals surface area (Å²) < 4.78 is 13.7. The van der Waals surface area contributed by atoms with Crippen LogP contribution in [-0.4, -0.2) is 16.7 Å². The van der Waals surface area contributed by atoms with Gasteiger partial charge in [0.15, 0.2) is 0 Å². The third-order valence-corrected chi connectivity index (χ3v) is 3.71. The van der Waals surface area contributed by atoms with Crippen molar-refractivity contribution in [2.24, 2.45) is 0 Å². The number of halogens is 2. The van der Waals surface area contributed by atoms with Crippen LogP contribution in [0, 0.1) is 5.82 Å². The lowest BCUT2D eigenvalue weighted by molar-refractivity contribution is -0.114. The summed E-state index contributed by atoms with van der Waals surface area (Å²) in [5, 5.41) is 0. The monoisotopic (exact) mass is 334 g/mol. The van der Waals surface area contributed by atoms with Gasteiger partial charge in [-0.1, -0.05) is 6.07 Å². The number of carbonyl (C=O) groups is 2. The molecule has 1 amide bonds. The van der Waals surface area contributed by atoms with Crippen LogP contribution in [0.3, 0.4) is 0 Å². The second-order valence-corrected chi connectivity index (χ2v) is 5.22. The first kappa shape index (κ1) is 12.9. The molecule has 1 aromatic carbocycles. The van der Waals surface area contributed by atoms with Crippen LogP contribution >= 0.6 is 15.9 Å². The minimum atomic E-state index is -0.615. The Bertz CT molecular complexity index is 733. The molecule has 0 saturated carbocycles. The molecule has 3 rings (SSSR count). The van der Waals surface area contributed by atoms with Gasteiger partial charge < -0.3 is 4.90 Å². The molecule has 2 heterocycles. The zero-order valence-electron chi connectivity index (χ0n) is 10.1. The first-order valence-electron chi connectivity index (χ1n) is 5.82. The quantitative estimate of drug-likeness (QED) is 0.793. The Morgan fingerprint density at radius 2 is 2.05 bits per heavy atom. The van der Waals surface area contributed by atoms with Crippen molar-refractivity contribution in [1.29, 1.82) is 0 Å². The molecular weight excluding hydrogens is 327 g/mol. The van der Waals surface area contributed by atoms with E-state index >= 15 is 0 Å². The number of carbonyl (C=O) groups excluding carboxylic acids is 2. The van der Waals surface area contributed by atoms with Crippen molar-refractivity contribution >= 4 is 33.3 Å². The van der Waals surface area contributed by atoms with Crippen LogP contribution < -0.4 is 4.90 Å². The number of benzene rings is 1. The first-order valence-corrected chi connectivity index (χ1v) is 6.61. The molecule has 0 spiro atoms. The van der Waals surface area contributed by atoms with Gasteiger partial charge in [-0.05, 0) is 39.7 Å². The van der Waals surface area contributed by atoms with E-state index in [0.717, 1.165) is 6.20 Å². The van der Waals surface area contributed by atoms with E-state index in [2.05, 4.69) is 20.9 Å². The highest BCUT2D eigenvalue weighted by molar-refractivity contribution is 9.10. The zero-order chi connectivity index (χ0) is 14.3. The van der Waals surface area contributed by atoms with Crippen LogP contribution in [0.4, 0.5) is 10.1 Å². The van der Waals surface area contributed by atoms with Crippen molar-refractivity contribution in [2.45, 2.75) is 6.54 Å². The Kier molecular flexibility index (Phi) is 3.10. The fourth-order valence-electron chi connectivity index (χ4n) is 2.18. The minimum absolute atomic E-state index is 0.110. The van der Waals surface area contributed by atoms with Gasteiger partial charge in [0.25, 0.3) is 11.7 Å². The van der Waals surface area contributed by atoms with E-state index in [1.165, 1.54) is 17.2 Å². The summed E-state index contributed by atoms with van der Waals surface area (Å²) in [5.41, 5.74) is 1.40. The van der Waals surface area contributed by atoms with E-state index in [4.69, 9.17) is 0 Å². The second-order valence-electron chi connectivity index (χ2n) is 4.37. The highest BCUT2D eigenvalue weighted by atomic mass is 79.9. The molecule has 0 fully saturated rings. The summed E-state index contributed by atoms with van der Waals surface area (Å²) in [6.45, 7) is 0.110. The lowest BCUT2D eigenvalue weighted by Crippen LogP contribution is -2.29. The van der Waals surface area contributed by atoms with Gasteiger partial charge in [-0.3, -0.25) is 14.6 Å². The molecule has 1 aromatic heterocycles. The summed E-state index contributed by atoms with van der Waals surface area (Å²) in [5.74, 6) is -1.65. The van der Waals surface area contributed by atoms with E-state index < -0.39 is 17.5 Å². The predicted molar refractivity (Wildman–Crippen MR) is 73.9 cm³/mol. The number of Topliss-reactive ketones (excluding diaryl/α,β-unsaturated/α-hetero) is 1. The number of hydrogen-bond acceptors (Lipinski definition) is 3. The summed E-state index contributed by atoms with van der Waals surface area (Å²) in [6, 6.07) is 6.43. The van der Waals surface area contributed by atoms with E-state index in [1.54, 1.807) is 18.2 Å². The molecule has 2 aromatic rings. The molecule has 6 heteroatoms. The average molecular weight is 335 g/mol. The SMILES string of the molecule is O=C1C(=O)N(Cc2cncc(F)c2)c2cccc(Br)c21. The molecule has 1 aliphatic heterocycles. The van der Waals surface area contributed by atoms with Crippen LogP contribution in [0.5, 0.6) is 0 Å². The van der Waals surface area contributed by atoms with Gasteiger partial charge in [-0.25, -0.2) is 4.39 Å². The van der Waals surface area contributed by atoms with Gasteiger partial charge in [-0.2, -0.15) is 0 Å². The normalized spacial score (nSPS) is 13.8. The van der Waals surface area contributed by atoms with Crippen molar-refractivity contribution < 1.29 is 14.0 Å². The van der Waals surface area contributed by atoms with Gasteiger partial charge in [0, 0.05) is 10.7 Å². The van der Waals surface area contributed by atoms with Crippen LogP contribution in [0.1, 0.15) is 15.9 Å². The molecule has 0 bridgehead atoms. The number of hydrogen-bond donors (Lipinski definition) is 0. The Labute approximate surface area is 122 Å². The molecule has 0 aliphatic carbocycles. The number of ketones is 1. The molecule has 0 unspecified atom stereocenters. The highest BCUT2D eigenvalue weighted by Crippen LogP contribution is 2.35. The number of amides is 1. The zero-order valence-corrected chi connectivity index (χ0v) is 11.7. The van der Waals surface area contributed by atoms with E-state index in [1.807, 2.05) is 0 Å². The maximum absolute atomic E-state index is 13.1. The van der Waals surface area contributed by atoms with E-state index in [-0.39, 0.29) is 6.54 Å². The number of anilines is 1. The molecular formula is C14H8BrFN2O2. The van der Waals surface area contributed by atoms with Crippen LogP contribution in [0.2, 0.25) is 0 Å². The molecule has 0 saturated heterocycles. The van der Waals surface area contributed by atoms with Crippen molar-refractivity contribution in [1.82, 2.24) is 4.98 Å². The summed E-state index contributed by atoms with van der Waals surface area (Å²) in [4.78, 5) is 29.1. The molecule has 0 radical (unpaired) electrons. The molecule has 1 aliphatic rings. The van der Waals surface area contributed by atoms with Crippen LogP contribution in [0.15, 0.2) is 41.1 Å². The van der Waals surface area contributed by atoms with Gasteiger partial charge in [0.05, 0.1) is 24.0 Å². The Balaban J connectivity index is 2.02. The number of rotatable bonds is 2. The number of aromatic nitrogens is 1. The van der Waals surface area contributed by atoms with Crippen LogP contribution in [0.25, 0.3) is 0 Å². The molecule has 100 valence electrons. The van der Waals surface area contributed by atoms with Crippen molar-refractivity contribution in [3.05, 3.63) is 58.1 Å². The Hall–Kier alpha value is -2.08. The fourth-order valence-corrected chi connectivity index (χ4v) is 2.72. The van der Waals surface area contributed by atoms with E-state index in [9.17, 15) is 14.0 Å². The molecule has 0 atom stereocenters. The largest absolute Gasteiger partial charge is 0.300 e. The maximum atomic E-state index is 13.1. The van der Waals surface area contributed by atoms with Crippen molar-refractivity contribution in [3.63, 3.8) is 0 Å². The lowest BCUT2D eigenvalue weighted by Gasteiger charge is -2.16. The minimum Gasteiger partial charge on any atom is -0.300 e. The van der Waals surface area contributed by atoms with Crippen molar-refractivity contribution in [2.75, 3.05) is 4.90 Å². The topological polar surface area (TPSA) is 50.3 Å². The number of nitrogens with zero attached hydrogens (tertiary/aromatic N) is 2. The highest BCUT2D eigenvalue weighted by Gasteiger charge is 2.37. The third kappa shape index (κ3) is 2.02. The maximum Gasteiger partial charge on any atom is 0.299 e. The summed E-state index contributed by atoms with van der Waals surface area (Å²) in [7, 11) is 0. The molecule has 4 nitrogen and oxygen atoms in total. The van der Waals surface area contributed by atoms with Gasteiger partial charge in [-0.15, -0.1) is 0 Å². The molecule has 20 heavy (non-hydrogen) atoms. The Morgan fingerprint density at radius 1 is 1.25 bits per heavy atom. The van der Waals surface area contributed by atoms with Crippen molar-refractivity contribution in [3.8, 4) is 0 Å². The molecule has 0 N–H and O–H groups in total. The predicted octanol–water partition coefficient (Wildman–Crippen LogP) is 2.71. The number of pyridine rings is 1. The summed E-state index contributed by atoms with van der Waals surface area (Å²) in [6.07, 6.45) is 2.56. The summed E-state index contributed by atoms with van der Waals surface area (Å²) >= 11 is 3.27. The number of fused-ring (bicyclic) bond motifs is 1. The first-order chi connectivity index (χ1) is 9.58. The fraction of sp³-hybridized carbons (Fsp3) is 0.0714. The van der Waals surface area contributed by atoms with Gasteiger partial charge in [0.2, 0.25) is 0 Å². The standard InChI is InChI=1S/C14H8BrFN2O2/c15-10-2-1-3-11-12(10)13(19)14(20)18(11)7-8-4-9(16)6-17-5-8/h1-6H,7H2. The lowest BCUT2D eigenvalue weighted by atomic mass is 10.1. The van der Waals surface area contributed by atoms with Crippen LogP contribution in [-0.2, 0) is 11.3 Å². The van der Waals surface area contributed by atoms with Gasteiger partial charge >= 0.3 is 0 Å². The second kappa shape index (κ2) is 4.79. The smallest absolute Gasteiger partial charge is 0.299 e. The van der Waals surface area contributed by atoms with Gasteiger partial charge in [0.1, 0.15) is 5.82 Å². The Morgan fingerprint density at radius 3 is 2.80 bits per heavy atom. The average Bonchev–Trinajstić information content (AvgIpc) is 2.65. The third-order valence-electron chi connectivity index (χ3n) is 3.05.